The minimum atomic E-state index is -0.496. The zero-order valence-electron chi connectivity index (χ0n) is 19.2. The van der Waals surface area contributed by atoms with Crippen LogP contribution in [0.1, 0.15) is 32.1 Å². The van der Waals surface area contributed by atoms with Crippen molar-refractivity contribution in [2.45, 2.75) is 38.2 Å². The van der Waals surface area contributed by atoms with Gasteiger partial charge in [-0.2, -0.15) is 0 Å². The molecule has 1 aromatic heterocycles. The Morgan fingerprint density at radius 1 is 1.26 bits per heavy atom. The number of aromatic nitrogens is 2. The number of rotatable bonds is 9. The van der Waals surface area contributed by atoms with Crippen LogP contribution in [0, 0.1) is 5.82 Å². The van der Waals surface area contributed by atoms with Crippen LogP contribution in [0.2, 0.25) is 5.02 Å². The molecule has 0 radical (unpaired) electrons. The first-order valence-electron chi connectivity index (χ1n) is 11.3. The van der Waals surface area contributed by atoms with E-state index in [2.05, 4.69) is 20.3 Å². The normalized spacial score (nSPS) is 14.7. The van der Waals surface area contributed by atoms with Crippen LogP contribution in [0.3, 0.4) is 0 Å². The third kappa shape index (κ3) is 5.87. The van der Waals surface area contributed by atoms with E-state index in [4.69, 9.17) is 16.3 Å². The summed E-state index contributed by atoms with van der Waals surface area (Å²) in [6.45, 7) is 0.700. The number of aliphatic imine (C=N–C) groups is 1. The van der Waals surface area contributed by atoms with Crippen LogP contribution in [0.25, 0.3) is 10.9 Å². The maximum Gasteiger partial charge on any atom is 0.164 e. The average molecular weight is 484 g/mol. The van der Waals surface area contributed by atoms with Crippen molar-refractivity contribution in [2.75, 3.05) is 26.0 Å². The van der Waals surface area contributed by atoms with Crippen LogP contribution in [0.5, 0.6) is 5.75 Å². The largest absolute Gasteiger partial charge is 0.488 e. The highest BCUT2D eigenvalue weighted by atomic mass is 35.5. The first kappa shape index (κ1) is 24.0. The Balaban J connectivity index is 1.76. The summed E-state index contributed by atoms with van der Waals surface area (Å²) >= 11 is 5.93. The molecule has 1 N–H and O–H groups in total. The minimum absolute atomic E-state index is 0.0115. The molecule has 1 fully saturated rings. The Morgan fingerprint density at radius 2 is 2.06 bits per heavy atom. The lowest BCUT2D eigenvalue weighted by Crippen LogP contribution is -2.17. The van der Waals surface area contributed by atoms with E-state index in [9.17, 15) is 9.18 Å². The van der Waals surface area contributed by atoms with E-state index in [1.807, 2.05) is 31.1 Å². The number of halogens is 2. The van der Waals surface area contributed by atoms with Crippen LogP contribution >= 0.6 is 11.6 Å². The van der Waals surface area contributed by atoms with Gasteiger partial charge in [0, 0.05) is 30.1 Å². The van der Waals surface area contributed by atoms with Gasteiger partial charge in [-0.15, -0.1) is 0 Å². The number of hydrogen-bond donors (Lipinski definition) is 1. The second kappa shape index (κ2) is 10.9. The van der Waals surface area contributed by atoms with Gasteiger partial charge in [0.25, 0.3) is 0 Å². The summed E-state index contributed by atoms with van der Waals surface area (Å²) in [4.78, 5) is 27.2. The summed E-state index contributed by atoms with van der Waals surface area (Å²) in [6.07, 6.45) is 7.12. The molecule has 1 heterocycles. The fourth-order valence-electron chi connectivity index (χ4n) is 3.88. The van der Waals surface area contributed by atoms with Crippen molar-refractivity contribution < 1.29 is 13.9 Å². The summed E-state index contributed by atoms with van der Waals surface area (Å²) in [7, 11) is 3.90. The molecule has 0 spiro atoms. The summed E-state index contributed by atoms with van der Waals surface area (Å²) in [5.41, 5.74) is 2.23. The average Bonchev–Trinajstić information content (AvgIpc) is 3.32. The third-order valence-corrected chi connectivity index (χ3v) is 6.00. The second-order valence-electron chi connectivity index (χ2n) is 8.61. The topological polar surface area (TPSA) is 79.7 Å². The summed E-state index contributed by atoms with van der Waals surface area (Å²) < 4.78 is 19.9. The zero-order chi connectivity index (χ0) is 24.1. The number of carbonyl (C=O) groups excluding carboxylic acids is 1. The van der Waals surface area contributed by atoms with Crippen molar-refractivity contribution in [3.63, 3.8) is 0 Å². The first-order valence-corrected chi connectivity index (χ1v) is 11.7. The van der Waals surface area contributed by atoms with E-state index >= 15 is 0 Å². The highest BCUT2D eigenvalue weighted by Gasteiger charge is 2.20. The highest BCUT2D eigenvalue weighted by Crippen LogP contribution is 2.37. The number of hydrogen-bond acceptors (Lipinski definition) is 7. The van der Waals surface area contributed by atoms with Crippen LogP contribution < -0.4 is 10.1 Å². The first-order chi connectivity index (χ1) is 16.4. The molecule has 7 nitrogen and oxygen atoms in total. The van der Waals surface area contributed by atoms with Crippen molar-refractivity contribution in [1.29, 1.82) is 0 Å². The molecule has 0 amide bonds. The number of nitrogens with zero attached hydrogens (tertiary/aromatic N) is 4. The maximum atomic E-state index is 13.6. The number of benzene rings is 2. The monoisotopic (exact) mass is 483 g/mol. The molecule has 0 atom stereocenters. The Kier molecular flexibility index (Phi) is 7.70. The maximum absolute atomic E-state index is 13.6. The molecule has 178 valence electrons. The van der Waals surface area contributed by atoms with E-state index < -0.39 is 5.82 Å². The van der Waals surface area contributed by atoms with Gasteiger partial charge in [0.2, 0.25) is 0 Å². The van der Waals surface area contributed by atoms with E-state index in [1.165, 1.54) is 18.5 Å². The standard InChI is InChI=1S/C25H27ClFN5O2/c1-32(2)10-9-17(14-33)30-23-12-19-22(13-24(23)34-18-5-3-4-6-18)28-15-29-25(19)31-16-7-8-21(27)20(26)11-16/h7-8,11-15,18H,3-6,9-10H2,1-2H3,(H,28,29,31). The Bertz CT molecular complexity index is 1210. The van der Waals surface area contributed by atoms with Crippen LogP contribution in [-0.4, -0.2) is 53.6 Å². The number of nitrogens with one attached hydrogen (secondary N) is 1. The lowest BCUT2D eigenvalue weighted by atomic mass is 10.1. The molecule has 2 aromatic carbocycles. The van der Waals surface area contributed by atoms with E-state index in [1.54, 1.807) is 6.07 Å². The molecule has 0 bridgehead atoms. The van der Waals surface area contributed by atoms with Crippen molar-refractivity contribution in [3.8, 4) is 5.75 Å². The van der Waals surface area contributed by atoms with Crippen LogP contribution in [-0.2, 0) is 4.79 Å². The van der Waals surface area contributed by atoms with Gasteiger partial charge in [0.1, 0.15) is 29.4 Å². The van der Waals surface area contributed by atoms with Gasteiger partial charge in [0.15, 0.2) is 6.29 Å². The smallest absolute Gasteiger partial charge is 0.164 e. The Labute approximate surface area is 203 Å². The Morgan fingerprint density at radius 3 is 2.76 bits per heavy atom. The highest BCUT2D eigenvalue weighted by molar-refractivity contribution is 6.31. The fraction of sp³-hybridized carbons (Fsp3) is 0.360. The van der Waals surface area contributed by atoms with Gasteiger partial charge in [-0.25, -0.2) is 19.4 Å². The predicted molar refractivity (Wildman–Crippen MR) is 133 cm³/mol. The Hall–Kier alpha value is -3.10. The van der Waals surface area contributed by atoms with E-state index in [-0.39, 0.29) is 11.1 Å². The SMILES string of the molecule is CN(C)CCC(C=O)=Nc1cc2c(Nc3ccc(F)c(Cl)c3)ncnc2cc1OC1CCCC1. The lowest BCUT2D eigenvalue weighted by Gasteiger charge is -2.17. The van der Waals surface area contributed by atoms with Gasteiger partial charge in [-0.3, -0.25) is 4.79 Å². The molecule has 1 aliphatic carbocycles. The van der Waals surface area contributed by atoms with Gasteiger partial charge in [-0.1, -0.05) is 11.6 Å². The van der Waals surface area contributed by atoms with Crippen molar-refractivity contribution in [1.82, 2.24) is 14.9 Å². The zero-order valence-corrected chi connectivity index (χ0v) is 20.0. The van der Waals surface area contributed by atoms with E-state index in [0.29, 0.717) is 52.5 Å². The van der Waals surface area contributed by atoms with Gasteiger partial charge >= 0.3 is 0 Å². The fourth-order valence-corrected chi connectivity index (χ4v) is 4.06. The molecule has 0 saturated heterocycles. The summed E-state index contributed by atoms with van der Waals surface area (Å²) in [6, 6.07) is 8.03. The van der Waals surface area contributed by atoms with Crippen LogP contribution in [0.4, 0.5) is 21.6 Å². The summed E-state index contributed by atoms with van der Waals surface area (Å²) in [5, 5.41) is 3.88. The molecule has 3 aromatic rings. The van der Waals surface area contributed by atoms with Crippen molar-refractivity contribution in [2.24, 2.45) is 4.99 Å². The summed E-state index contributed by atoms with van der Waals surface area (Å²) in [5.74, 6) is 0.611. The van der Waals surface area contributed by atoms with Gasteiger partial charge < -0.3 is 15.0 Å². The van der Waals surface area contributed by atoms with Crippen molar-refractivity contribution in [3.05, 3.63) is 47.5 Å². The molecule has 0 unspecified atom stereocenters. The molecule has 34 heavy (non-hydrogen) atoms. The molecule has 4 rings (SSSR count). The molecule has 0 aliphatic heterocycles. The third-order valence-electron chi connectivity index (χ3n) is 5.71. The number of ether oxygens (including phenoxy) is 1. The quantitative estimate of drug-likeness (QED) is 0.310. The van der Waals surface area contributed by atoms with Gasteiger partial charge in [0.05, 0.1) is 22.4 Å². The molecule has 1 aliphatic rings. The van der Waals surface area contributed by atoms with E-state index in [0.717, 1.165) is 32.0 Å². The van der Waals surface area contributed by atoms with Gasteiger partial charge in [-0.05, 0) is 64.0 Å². The molecule has 1 saturated carbocycles. The van der Waals surface area contributed by atoms with Crippen LogP contribution in [0.15, 0.2) is 41.7 Å². The molecular weight excluding hydrogens is 457 g/mol. The minimum Gasteiger partial charge on any atom is -0.488 e. The number of aldehydes is 1. The van der Waals surface area contributed by atoms with Crippen molar-refractivity contribution >= 4 is 51.7 Å². The number of carbonyl (C=O) groups is 1. The molecule has 9 heteroatoms. The second-order valence-corrected chi connectivity index (χ2v) is 9.02. The molecular formula is C25H27ClFN5O2. The lowest BCUT2D eigenvalue weighted by molar-refractivity contribution is -0.102. The number of fused-ring (bicyclic) bond motifs is 1. The number of anilines is 2. The predicted octanol–water partition coefficient (Wildman–Crippen LogP) is 5.71.